The van der Waals surface area contributed by atoms with Crippen LogP contribution >= 0.6 is 0 Å². The van der Waals surface area contributed by atoms with Crippen LogP contribution in [0.25, 0.3) is 34.0 Å². The molecule has 5 rings (SSSR count). The van der Waals surface area contributed by atoms with Gasteiger partial charge in [0.2, 0.25) is 5.89 Å². The lowest BCUT2D eigenvalue weighted by atomic mass is 9.99. The molecule has 4 aromatic carbocycles. The van der Waals surface area contributed by atoms with Crippen LogP contribution in [-0.2, 0) is 11.2 Å². The Morgan fingerprint density at radius 3 is 2.21 bits per heavy atom. The molecule has 166 valence electrons. The number of esters is 1. The Labute approximate surface area is 198 Å². The number of carbonyl (C=O) groups excluding carboxylic acids is 1. The summed E-state index contributed by atoms with van der Waals surface area (Å²) in [6, 6.07) is 35.8. The highest BCUT2D eigenvalue weighted by Gasteiger charge is 2.19. The maximum atomic E-state index is 11.3. The zero-order valence-electron chi connectivity index (χ0n) is 18.8. The van der Waals surface area contributed by atoms with Gasteiger partial charge in [0, 0.05) is 23.6 Å². The molecule has 0 radical (unpaired) electrons. The van der Waals surface area contributed by atoms with Gasteiger partial charge in [0.1, 0.15) is 11.4 Å². The van der Waals surface area contributed by atoms with Gasteiger partial charge in [-0.15, -0.1) is 0 Å². The number of rotatable bonds is 6. The number of nitrogens with zero attached hydrogens (tertiary/aromatic N) is 1. The molecule has 0 unspecified atom stereocenters. The predicted octanol–water partition coefficient (Wildman–Crippen LogP) is 7.19. The van der Waals surface area contributed by atoms with E-state index in [0.717, 1.165) is 39.3 Å². The monoisotopic (exact) mass is 445 g/mol. The van der Waals surface area contributed by atoms with Crippen LogP contribution < -0.4 is 4.74 Å². The van der Waals surface area contributed by atoms with Gasteiger partial charge in [-0.05, 0) is 35.7 Å². The fraction of sp³-hybridized carbons (Fsp3) is 0.0667. The zero-order valence-corrected chi connectivity index (χ0v) is 18.8. The second-order valence-electron chi connectivity index (χ2n) is 8.00. The molecule has 34 heavy (non-hydrogen) atoms. The molecule has 4 nitrogen and oxygen atoms in total. The number of carbonyl (C=O) groups is 1. The molecule has 0 saturated heterocycles. The van der Waals surface area contributed by atoms with Crippen LogP contribution in [0.1, 0.15) is 18.1 Å². The minimum absolute atomic E-state index is 0.334. The van der Waals surface area contributed by atoms with Gasteiger partial charge in [-0.2, -0.15) is 0 Å². The Balaban J connectivity index is 1.57. The molecule has 4 heteroatoms. The van der Waals surface area contributed by atoms with Crippen molar-refractivity contribution in [2.75, 3.05) is 0 Å². The normalized spacial score (nSPS) is 10.7. The molecule has 0 spiro atoms. The smallest absolute Gasteiger partial charge is 0.308 e. The molecule has 0 N–H and O–H groups in total. The maximum Gasteiger partial charge on any atom is 0.308 e. The summed E-state index contributed by atoms with van der Waals surface area (Å²) in [6.45, 7) is 1.40. The van der Waals surface area contributed by atoms with Gasteiger partial charge in [-0.25, -0.2) is 4.98 Å². The third-order valence-corrected chi connectivity index (χ3v) is 5.51. The molecular weight excluding hydrogens is 422 g/mol. The molecule has 0 aliphatic rings. The first-order valence-electron chi connectivity index (χ1n) is 11.1. The van der Waals surface area contributed by atoms with E-state index < -0.39 is 0 Å². The first-order chi connectivity index (χ1) is 16.7. The van der Waals surface area contributed by atoms with E-state index in [1.807, 2.05) is 97.1 Å². The van der Waals surface area contributed by atoms with Crippen molar-refractivity contribution in [1.82, 2.24) is 4.98 Å². The summed E-state index contributed by atoms with van der Waals surface area (Å²) < 4.78 is 11.7. The van der Waals surface area contributed by atoms with Crippen LogP contribution in [0.4, 0.5) is 0 Å². The molecule has 1 aromatic heterocycles. The lowest BCUT2D eigenvalue weighted by Gasteiger charge is -2.08. The maximum absolute atomic E-state index is 11.3. The summed E-state index contributed by atoms with van der Waals surface area (Å²) in [7, 11) is 0. The third kappa shape index (κ3) is 4.66. The first-order valence-corrected chi connectivity index (χ1v) is 11.1. The van der Waals surface area contributed by atoms with E-state index in [9.17, 15) is 4.79 Å². The highest BCUT2D eigenvalue weighted by molar-refractivity contribution is 5.79. The van der Waals surface area contributed by atoms with E-state index in [0.29, 0.717) is 18.1 Å². The number of hydrogen-bond donors (Lipinski definition) is 0. The molecule has 1 heterocycles. The number of hydrogen-bond acceptors (Lipinski definition) is 4. The Bertz CT molecular complexity index is 1370. The summed E-state index contributed by atoms with van der Waals surface area (Å²) in [6.07, 6.45) is 0.648. The molecule has 0 fully saturated rings. The Morgan fingerprint density at radius 1 is 0.794 bits per heavy atom. The second kappa shape index (κ2) is 9.59. The van der Waals surface area contributed by atoms with E-state index >= 15 is 0 Å². The van der Waals surface area contributed by atoms with Crippen molar-refractivity contribution in [1.29, 1.82) is 0 Å². The lowest BCUT2D eigenvalue weighted by molar-refractivity contribution is -0.131. The Morgan fingerprint density at radius 2 is 1.47 bits per heavy atom. The van der Waals surface area contributed by atoms with Crippen molar-refractivity contribution in [2.45, 2.75) is 13.3 Å². The number of benzene rings is 4. The molecule has 0 bridgehead atoms. The number of ether oxygens (including phenoxy) is 1. The summed E-state index contributed by atoms with van der Waals surface area (Å²) in [4.78, 5) is 16.3. The fourth-order valence-corrected chi connectivity index (χ4v) is 4.00. The molecule has 0 aliphatic heterocycles. The van der Waals surface area contributed by atoms with Crippen molar-refractivity contribution < 1.29 is 13.9 Å². The summed E-state index contributed by atoms with van der Waals surface area (Å²) in [5.74, 6) is 1.52. The van der Waals surface area contributed by atoms with Crippen LogP contribution in [0.3, 0.4) is 0 Å². The molecule has 0 atom stereocenters. The number of aromatic nitrogens is 1. The van der Waals surface area contributed by atoms with E-state index in [1.54, 1.807) is 6.07 Å². The van der Waals surface area contributed by atoms with E-state index in [-0.39, 0.29) is 5.97 Å². The van der Waals surface area contributed by atoms with Crippen LogP contribution in [0.5, 0.6) is 5.75 Å². The molecule has 0 amide bonds. The quantitative estimate of drug-likeness (QED) is 0.205. The van der Waals surface area contributed by atoms with Gasteiger partial charge >= 0.3 is 5.97 Å². The Hall–Kier alpha value is -4.44. The Kier molecular flexibility index (Phi) is 6.04. The predicted molar refractivity (Wildman–Crippen MR) is 133 cm³/mol. The molecular formula is C30H23NO3. The summed E-state index contributed by atoms with van der Waals surface area (Å²) >= 11 is 0. The van der Waals surface area contributed by atoms with Crippen LogP contribution in [0, 0.1) is 0 Å². The third-order valence-electron chi connectivity index (χ3n) is 5.51. The summed E-state index contributed by atoms with van der Waals surface area (Å²) in [5.41, 5.74) is 5.83. The topological polar surface area (TPSA) is 52.3 Å². The van der Waals surface area contributed by atoms with Crippen LogP contribution in [0.2, 0.25) is 0 Å². The molecule has 0 saturated carbocycles. The molecule has 0 aliphatic carbocycles. The first kappa shape index (κ1) is 21.4. The van der Waals surface area contributed by atoms with Gasteiger partial charge in [-0.1, -0.05) is 91.0 Å². The van der Waals surface area contributed by atoms with E-state index in [4.69, 9.17) is 14.1 Å². The molecule has 5 aromatic rings. The van der Waals surface area contributed by atoms with Gasteiger partial charge in [0.05, 0.1) is 0 Å². The van der Waals surface area contributed by atoms with Crippen molar-refractivity contribution in [3.8, 4) is 39.8 Å². The minimum Gasteiger partial charge on any atom is -0.435 e. The van der Waals surface area contributed by atoms with Crippen LogP contribution in [-0.4, -0.2) is 11.0 Å². The van der Waals surface area contributed by atoms with Gasteiger partial charge in [-0.3, -0.25) is 4.79 Å². The SMILES string of the molecule is CC(=O)Oc1cccc(Cc2ccccc2-c2nc(-c3ccccc3)c(-c3ccccc3)o2)c1. The second-order valence-corrected chi connectivity index (χ2v) is 8.00. The van der Waals surface area contributed by atoms with Crippen LogP contribution in [0.15, 0.2) is 114 Å². The minimum atomic E-state index is -0.334. The van der Waals surface area contributed by atoms with Gasteiger partial charge in [0.25, 0.3) is 0 Å². The zero-order chi connectivity index (χ0) is 23.3. The van der Waals surface area contributed by atoms with Gasteiger partial charge in [0.15, 0.2) is 5.76 Å². The van der Waals surface area contributed by atoms with Crippen molar-refractivity contribution in [3.05, 3.63) is 120 Å². The number of oxazole rings is 1. The van der Waals surface area contributed by atoms with E-state index in [2.05, 4.69) is 6.07 Å². The van der Waals surface area contributed by atoms with E-state index in [1.165, 1.54) is 6.92 Å². The van der Waals surface area contributed by atoms with Gasteiger partial charge < -0.3 is 9.15 Å². The van der Waals surface area contributed by atoms with Crippen molar-refractivity contribution in [3.63, 3.8) is 0 Å². The largest absolute Gasteiger partial charge is 0.435 e. The standard InChI is InChI=1S/C30H23NO3/c1-21(32)33-26-17-10-11-22(20-26)19-25-16-8-9-18-27(25)30-31-28(23-12-4-2-5-13-23)29(34-30)24-14-6-3-7-15-24/h2-18,20H,19H2,1H3. The fourth-order valence-electron chi connectivity index (χ4n) is 4.00. The highest BCUT2D eigenvalue weighted by atomic mass is 16.5. The lowest BCUT2D eigenvalue weighted by Crippen LogP contribution is -2.01. The summed E-state index contributed by atoms with van der Waals surface area (Å²) in [5, 5.41) is 0. The average Bonchev–Trinajstić information content (AvgIpc) is 3.31. The average molecular weight is 446 g/mol. The highest BCUT2D eigenvalue weighted by Crippen LogP contribution is 2.37. The van der Waals surface area contributed by atoms with Crippen molar-refractivity contribution in [2.24, 2.45) is 0 Å². The van der Waals surface area contributed by atoms with Crippen molar-refractivity contribution >= 4 is 5.97 Å².